The molecule has 4 amide bonds. The average Bonchev–Trinajstić information content (AvgIpc) is 2.91. The molecular formula is C22H32N2O4. The molecule has 28 heavy (non-hydrogen) atoms. The summed E-state index contributed by atoms with van der Waals surface area (Å²) in [6.07, 6.45) is 2.87. The lowest BCUT2D eigenvalue weighted by Crippen LogP contribution is -2.63. The van der Waals surface area contributed by atoms with E-state index in [0.717, 1.165) is 12.8 Å². The zero-order valence-corrected chi connectivity index (χ0v) is 17.9. The van der Waals surface area contributed by atoms with Gasteiger partial charge in [-0.05, 0) is 36.5 Å². The quantitative estimate of drug-likeness (QED) is 0.697. The maximum atomic E-state index is 13.2. The molecule has 4 unspecified atom stereocenters. The molecule has 2 heterocycles. The highest BCUT2D eigenvalue weighted by Gasteiger charge is 2.66. The molecule has 0 spiro atoms. The number of carbonyl (C=O) groups excluding carboxylic acids is 4. The van der Waals surface area contributed by atoms with Crippen molar-refractivity contribution in [3.05, 3.63) is 0 Å². The summed E-state index contributed by atoms with van der Waals surface area (Å²) in [5.74, 6) is -0.927. The van der Waals surface area contributed by atoms with E-state index in [1.165, 1.54) is 9.80 Å². The molecule has 6 nitrogen and oxygen atoms in total. The Hall–Kier alpha value is -1.72. The highest BCUT2D eigenvalue weighted by atomic mass is 16.2. The topological polar surface area (TPSA) is 74.8 Å². The van der Waals surface area contributed by atoms with Crippen LogP contribution in [0.1, 0.15) is 67.2 Å². The summed E-state index contributed by atoms with van der Waals surface area (Å²) < 4.78 is 0. The minimum atomic E-state index is -0.561. The first-order valence-corrected chi connectivity index (χ1v) is 10.5. The molecule has 0 aromatic carbocycles. The second kappa shape index (κ2) is 5.45. The molecule has 0 radical (unpaired) electrons. The zero-order chi connectivity index (χ0) is 20.9. The summed E-state index contributed by atoms with van der Waals surface area (Å²) in [6.45, 7) is 12.2. The summed E-state index contributed by atoms with van der Waals surface area (Å²) in [5.41, 5.74) is -1.83. The lowest BCUT2D eigenvalue weighted by Gasteiger charge is -2.49. The summed E-state index contributed by atoms with van der Waals surface area (Å²) in [4.78, 5) is 55.1. The third-order valence-corrected chi connectivity index (χ3v) is 9.56. The van der Waals surface area contributed by atoms with Gasteiger partial charge >= 0.3 is 0 Å². The zero-order valence-electron chi connectivity index (χ0n) is 17.9. The van der Waals surface area contributed by atoms with Gasteiger partial charge in [0, 0.05) is 24.9 Å². The number of nitrogens with zero attached hydrogens (tertiary/aromatic N) is 2. The monoisotopic (exact) mass is 388 g/mol. The van der Waals surface area contributed by atoms with Crippen LogP contribution in [0.4, 0.5) is 0 Å². The van der Waals surface area contributed by atoms with E-state index in [-0.39, 0.29) is 59.4 Å². The van der Waals surface area contributed by atoms with Crippen molar-refractivity contribution >= 4 is 23.6 Å². The Morgan fingerprint density at radius 1 is 0.679 bits per heavy atom. The predicted molar refractivity (Wildman–Crippen MR) is 103 cm³/mol. The Bertz CT molecular complexity index is 734. The molecule has 0 aromatic heterocycles. The standard InChI is InChI=1S/C22H32N2O4/c1-19(2)13-7-9-21(19,5)17(27)23(15(13)25)11-12-24-16(26)14-8-10-22(6,18(24)28)20(14,3)4/h13-14H,7-12H2,1-6H3. The largest absolute Gasteiger partial charge is 0.280 e. The van der Waals surface area contributed by atoms with Crippen molar-refractivity contribution in [3.63, 3.8) is 0 Å². The molecule has 0 aromatic rings. The van der Waals surface area contributed by atoms with E-state index >= 15 is 0 Å². The van der Waals surface area contributed by atoms with E-state index in [2.05, 4.69) is 0 Å². The smallest absolute Gasteiger partial charge is 0.235 e. The first-order valence-electron chi connectivity index (χ1n) is 10.5. The fraction of sp³-hybridized carbons (Fsp3) is 0.818. The maximum absolute atomic E-state index is 13.2. The van der Waals surface area contributed by atoms with Crippen LogP contribution in [-0.4, -0.2) is 46.5 Å². The first kappa shape index (κ1) is 19.6. The number of hydrogen-bond acceptors (Lipinski definition) is 4. The van der Waals surface area contributed by atoms with Crippen LogP contribution in [0, 0.1) is 33.5 Å². The third-order valence-electron chi connectivity index (χ3n) is 9.56. The average molecular weight is 389 g/mol. The molecule has 2 aliphatic carbocycles. The summed E-state index contributed by atoms with van der Waals surface area (Å²) >= 11 is 0. The molecular weight excluding hydrogens is 356 g/mol. The number of amides is 4. The Labute approximate surface area is 167 Å². The summed E-state index contributed by atoms with van der Waals surface area (Å²) in [5, 5.41) is 0. The van der Waals surface area contributed by atoms with Crippen molar-refractivity contribution in [1.82, 2.24) is 9.80 Å². The van der Waals surface area contributed by atoms with Gasteiger partial charge in [0.25, 0.3) is 0 Å². The summed E-state index contributed by atoms with van der Waals surface area (Å²) in [6, 6.07) is 0. The van der Waals surface area contributed by atoms with Gasteiger partial charge in [-0.2, -0.15) is 0 Å². The van der Waals surface area contributed by atoms with E-state index in [1.807, 2.05) is 41.5 Å². The Morgan fingerprint density at radius 2 is 1.00 bits per heavy atom. The SMILES string of the molecule is CC12CCC(C(=O)N(CCN3C(=O)C4CCC(C)(C3=O)C4(C)C)C1=O)C2(C)C. The number of rotatable bonds is 3. The van der Waals surface area contributed by atoms with Gasteiger partial charge in [-0.15, -0.1) is 0 Å². The van der Waals surface area contributed by atoms with Crippen LogP contribution in [0.2, 0.25) is 0 Å². The van der Waals surface area contributed by atoms with Gasteiger partial charge in [-0.1, -0.05) is 41.5 Å². The molecule has 2 saturated carbocycles. The molecule has 4 aliphatic rings. The van der Waals surface area contributed by atoms with Gasteiger partial charge in [0.1, 0.15) is 0 Å². The van der Waals surface area contributed by atoms with Crippen molar-refractivity contribution in [2.45, 2.75) is 67.2 Å². The fourth-order valence-electron chi connectivity index (χ4n) is 6.43. The van der Waals surface area contributed by atoms with E-state index in [1.54, 1.807) is 0 Å². The minimum absolute atomic E-state index is 0.112. The second-order valence-corrected chi connectivity index (χ2v) is 10.9. The maximum Gasteiger partial charge on any atom is 0.235 e. The molecule has 4 fully saturated rings. The van der Waals surface area contributed by atoms with Crippen LogP contribution in [-0.2, 0) is 19.2 Å². The number of piperidine rings is 2. The van der Waals surface area contributed by atoms with Gasteiger partial charge in [-0.25, -0.2) is 0 Å². The van der Waals surface area contributed by atoms with Crippen molar-refractivity contribution < 1.29 is 19.2 Å². The van der Waals surface area contributed by atoms with Crippen LogP contribution < -0.4 is 0 Å². The van der Waals surface area contributed by atoms with Gasteiger partial charge < -0.3 is 0 Å². The van der Waals surface area contributed by atoms with E-state index in [4.69, 9.17) is 0 Å². The number of fused-ring (bicyclic) bond motifs is 4. The van der Waals surface area contributed by atoms with E-state index in [0.29, 0.717) is 12.8 Å². The molecule has 0 N–H and O–H groups in total. The first-order chi connectivity index (χ1) is 12.8. The van der Waals surface area contributed by atoms with Crippen molar-refractivity contribution in [2.24, 2.45) is 33.5 Å². The normalized spacial score (nSPS) is 41.2. The number of imide groups is 2. The molecule has 2 aliphatic heterocycles. The highest BCUT2D eigenvalue weighted by molar-refractivity contribution is 6.05. The number of hydrogen-bond donors (Lipinski definition) is 0. The molecule has 4 rings (SSSR count). The number of carbonyl (C=O) groups is 4. The van der Waals surface area contributed by atoms with Gasteiger partial charge in [-0.3, -0.25) is 29.0 Å². The summed E-state index contributed by atoms with van der Waals surface area (Å²) in [7, 11) is 0. The van der Waals surface area contributed by atoms with Gasteiger partial charge in [0.05, 0.1) is 10.8 Å². The third kappa shape index (κ3) is 1.99. The lowest BCUT2D eigenvalue weighted by atomic mass is 9.62. The molecule has 4 atom stereocenters. The number of likely N-dealkylation sites (tertiary alicyclic amines) is 2. The van der Waals surface area contributed by atoms with E-state index < -0.39 is 10.8 Å². The van der Waals surface area contributed by atoms with Crippen LogP contribution in [0.5, 0.6) is 0 Å². The Balaban J connectivity index is 1.56. The molecule has 4 bridgehead atoms. The van der Waals surface area contributed by atoms with Crippen LogP contribution in [0.25, 0.3) is 0 Å². The van der Waals surface area contributed by atoms with Crippen molar-refractivity contribution in [3.8, 4) is 0 Å². The van der Waals surface area contributed by atoms with Crippen molar-refractivity contribution in [2.75, 3.05) is 13.1 Å². The van der Waals surface area contributed by atoms with Crippen LogP contribution >= 0.6 is 0 Å². The Kier molecular flexibility index (Phi) is 3.81. The van der Waals surface area contributed by atoms with Gasteiger partial charge in [0.2, 0.25) is 23.6 Å². The van der Waals surface area contributed by atoms with Crippen LogP contribution in [0.15, 0.2) is 0 Å². The minimum Gasteiger partial charge on any atom is -0.280 e. The fourth-order valence-corrected chi connectivity index (χ4v) is 6.43. The van der Waals surface area contributed by atoms with E-state index in [9.17, 15) is 19.2 Å². The second-order valence-electron chi connectivity index (χ2n) is 10.9. The lowest BCUT2D eigenvalue weighted by molar-refractivity contribution is -0.173. The van der Waals surface area contributed by atoms with Crippen LogP contribution in [0.3, 0.4) is 0 Å². The predicted octanol–water partition coefficient (Wildman–Crippen LogP) is 2.61. The Morgan fingerprint density at radius 3 is 1.32 bits per heavy atom. The van der Waals surface area contributed by atoms with Crippen molar-refractivity contribution in [1.29, 1.82) is 0 Å². The molecule has 154 valence electrons. The molecule has 6 heteroatoms. The molecule has 2 saturated heterocycles. The highest BCUT2D eigenvalue weighted by Crippen LogP contribution is 2.61. The van der Waals surface area contributed by atoms with Gasteiger partial charge in [0.15, 0.2) is 0 Å².